The van der Waals surface area contributed by atoms with Crippen LogP contribution in [0.2, 0.25) is 0 Å². The lowest BCUT2D eigenvalue weighted by Gasteiger charge is -2.48. The number of hydrogen-bond acceptors (Lipinski definition) is 6. The first-order chi connectivity index (χ1) is 15.2. The van der Waals surface area contributed by atoms with E-state index in [-0.39, 0.29) is 17.7 Å². The molecule has 3 heterocycles. The smallest absolute Gasteiger partial charge is 0.179 e. The summed E-state index contributed by atoms with van der Waals surface area (Å²) in [5, 5.41) is 0. The molecule has 2 aromatic rings. The molecule has 0 spiro atoms. The van der Waals surface area contributed by atoms with Gasteiger partial charge in [-0.1, -0.05) is 13.8 Å². The normalized spacial score (nSPS) is 22.6. The lowest BCUT2D eigenvalue weighted by Crippen LogP contribution is -2.53. The van der Waals surface area contributed by atoms with Gasteiger partial charge in [-0.2, -0.15) is 0 Å². The Kier molecular flexibility index (Phi) is 6.41. The zero-order valence-electron chi connectivity index (χ0n) is 19.3. The van der Waals surface area contributed by atoms with Gasteiger partial charge < -0.3 is 20.3 Å². The molecule has 7 heteroatoms. The van der Waals surface area contributed by atoms with Crippen molar-refractivity contribution in [2.24, 2.45) is 17.1 Å². The maximum atomic E-state index is 12.3. The molecule has 3 fully saturated rings. The first-order valence-corrected chi connectivity index (χ1v) is 13.2. The quantitative estimate of drug-likeness (QED) is 0.685. The van der Waals surface area contributed by atoms with Gasteiger partial charge in [0.05, 0.1) is 23.3 Å². The third-order valence-corrected chi connectivity index (χ3v) is 8.61. The van der Waals surface area contributed by atoms with Crippen LogP contribution in [0.25, 0.3) is 0 Å². The summed E-state index contributed by atoms with van der Waals surface area (Å²) in [6.07, 6.45) is 1.19. The minimum absolute atomic E-state index is 0.0224. The van der Waals surface area contributed by atoms with E-state index in [1.54, 1.807) is 12.1 Å². The Balaban J connectivity index is 1.58. The van der Waals surface area contributed by atoms with Gasteiger partial charge in [-0.05, 0) is 73.2 Å². The van der Waals surface area contributed by atoms with Crippen LogP contribution in [0.5, 0.6) is 5.75 Å². The van der Waals surface area contributed by atoms with Crippen molar-refractivity contribution in [2.45, 2.75) is 38.1 Å². The number of benzene rings is 2. The molecular weight excluding hydrogens is 422 g/mol. The van der Waals surface area contributed by atoms with Crippen molar-refractivity contribution in [2.75, 3.05) is 48.3 Å². The van der Waals surface area contributed by atoms with E-state index in [4.69, 9.17) is 10.5 Å². The molecule has 0 unspecified atom stereocenters. The summed E-state index contributed by atoms with van der Waals surface area (Å²) in [4.78, 5) is 5.34. The van der Waals surface area contributed by atoms with E-state index in [1.165, 1.54) is 12.1 Å². The van der Waals surface area contributed by atoms with Crippen LogP contribution in [0, 0.1) is 11.3 Å². The molecule has 5 rings (SSSR count). The second-order valence-corrected chi connectivity index (χ2v) is 11.8. The molecule has 32 heavy (non-hydrogen) atoms. The van der Waals surface area contributed by atoms with Crippen LogP contribution < -0.4 is 20.3 Å². The van der Waals surface area contributed by atoms with Crippen LogP contribution in [-0.2, 0) is 9.84 Å². The monoisotopic (exact) mass is 457 g/mol. The van der Waals surface area contributed by atoms with Gasteiger partial charge in [0, 0.05) is 37.6 Å². The van der Waals surface area contributed by atoms with Gasteiger partial charge >= 0.3 is 0 Å². The first kappa shape index (κ1) is 22.9. The third-order valence-electron chi connectivity index (χ3n) is 6.85. The largest absolute Gasteiger partial charge is 0.494 e. The molecule has 2 N–H and O–H groups in total. The van der Waals surface area contributed by atoms with E-state index in [1.807, 2.05) is 19.1 Å². The lowest BCUT2D eigenvalue weighted by atomic mass is 9.73. The van der Waals surface area contributed by atoms with Crippen molar-refractivity contribution in [1.29, 1.82) is 0 Å². The molecule has 3 aliphatic rings. The van der Waals surface area contributed by atoms with Crippen LogP contribution >= 0.6 is 0 Å². The molecule has 3 saturated heterocycles. The van der Waals surface area contributed by atoms with Crippen LogP contribution in [0.3, 0.4) is 0 Å². The van der Waals surface area contributed by atoms with E-state index in [0.29, 0.717) is 23.5 Å². The number of anilines is 2. The number of sulfone groups is 1. The SMILES string of the molecule is CCOc1ccc(N2C[C@H]3CN(c4ccc(S(=O)(=O)CCN)cc4)C[C@@H]2C(C)(C)C3)cc1. The summed E-state index contributed by atoms with van der Waals surface area (Å²) >= 11 is 0. The van der Waals surface area contributed by atoms with Crippen LogP contribution in [0.1, 0.15) is 27.2 Å². The summed E-state index contributed by atoms with van der Waals surface area (Å²) in [6.45, 7) is 10.5. The summed E-state index contributed by atoms with van der Waals surface area (Å²) in [7, 11) is -3.31. The summed E-state index contributed by atoms with van der Waals surface area (Å²) in [5.74, 6) is 1.42. The summed E-state index contributed by atoms with van der Waals surface area (Å²) in [5.41, 5.74) is 7.96. The van der Waals surface area contributed by atoms with Crippen molar-refractivity contribution >= 4 is 21.2 Å². The Morgan fingerprint density at radius 2 is 1.66 bits per heavy atom. The summed E-state index contributed by atoms with van der Waals surface area (Å²) < 4.78 is 30.3. The van der Waals surface area contributed by atoms with E-state index >= 15 is 0 Å². The predicted octanol–water partition coefficient (Wildman–Crippen LogP) is 3.56. The van der Waals surface area contributed by atoms with E-state index in [2.05, 4.69) is 47.9 Å². The van der Waals surface area contributed by atoms with Crippen molar-refractivity contribution in [3.63, 3.8) is 0 Å². The minimum Gasteiger partial charge on any atom is -0.494 e. The number of nitrogens with zero attached hydrogens (tertiary/aromatic N) is 2. The van der Waals surface area contributed by atoms with Gasteiger partial charge in [-0.3, -0.25) is 0 Å². The maximum Gasteiger partial charge on any atom is 0.179 e. The molecule has 0 aromatic heterocycles. The number of fused-ring (bicyclic) bond motifs is 4. The number of hydrogen-bond donors (Lipinski definition) is 1. The van der Waals surface area contributed by atoms with Crippen LogP contribution in [-0.4, -0.2) is 53.0 Å². The molecule has 3 aliphatic heterocycles. The molecule has 0 aliphatic carbocycles. The van der Waals surface area contributed by atoms with Crippen molar-refractivity contribution in [3.05, 3.63) is 48.5 Å². The highest BCUT2D eigenvalue weighted by atomic mass is 32.2. The molecule has 0 amide bonds. The third kappa shape index (κ3) is 4.59. The van der Waals surface area contributed by atoms with Gasteiger partial charge in [-0.15, -0.1) is 0 Å². The molecule has 2 aromatic carbocycles. The molecule has 0 radical (unpaired) electrons. The van der Waals surface area contributed by atoms with Crippen molar-refractivity contribution < 1.29 is 13.2 Å². The number of ether oxygens (including phenoxy) is 1. The molecule has 174 valence electrons. The standard InChI is InChI=1S/C25H35N3O3S/c1-4-31-22-9-5-21(6-10-22)28-17-19-15-25(2,3)24(28)18-27(16-19)20-7-11-23(12-8-20)32(29,30)14-13-26/h5-12,19,24H,4,13-18,26H2,1-3H3/t19-,24-/m1/s1. The highest BCUT2D eigenvalue weighted by molar-refractivity contribution is 7.91. The number of nitrogens with two attached hydrogens (primary N) is 1. The van der Waals surface area contributed by atoms with Crippen LogP contribution in [0.4, 0.5) is 11.4 Å². The molecule has 2 atom stereocenters. The maximum absolute atomic E-state index is 12.3. The zero-order valence-corrected chi connectivity index (χ0v) is 20.1. The van der Waals surface area contributed by atoms with Crippen LogP contribution in [0.15, 0.2) is 53.4 Å². The zero-order chi connectivity index (χ0) is 22.9. The molecule has 6 nitrogen and oxygen atoms in total. The average Bonchev–Trinajstić information content (AvgIpc) is 3.02. The van der Waals surface area contributed by atoms with E-state index in [0.717, 1.165) is 31.1 Å². The Bertz CT molecular complexity index is 1020. The number of piperidine rings is 1. The Morgan fingerprint density at radius 1 is 1.00 bits per heavy atom. The second kappa shape index (κ2) is 8.94. The van der Waals surface area contributed by atoms with Crippen molar-refractivity contribution in [1.82, 2.24) is 0 Å². The van der Waals surface area contributed by atoms with Gasteiger partial charge in [0.2, 0.25) is 0 Å². The Morgan fingerprint density at radius 3 is 2.28 bits per heavy atom. The molecule has 0 saturated carbocycles. The fraction of sp³-hybridized carbons (Fsp3) is 0.520. The minimum atomic E-state index is -3.31. The van der Waals surface area contributed by atoms with Gasteiger partial charge in [0.25, 0.3) is 0 Å². The average molecular weight is 458 g/mol. The van der Waals surface area contributed by atoms with Gasteiger partial charge in [-0.25, -0.2) is 8.42 Å². The molecular formula is C25H35N3O3S. The van der Waals surface area contributed by atoms with Gasteiger partial charge in [0.1, 0.15) is 5.75 Å². The summed E-state index contributed by atoms with van der Waals surface area (Å²) in [6, 6.07) is 16.2. The Hall–Kier alpha value is -2.25. The highest BCUT2D eigenvalue weighted by Crippen LogP contribution is 2.44. The van der Waals surface area contributed by atoms with Crippen molar-refractivity contribution in [3.8, 4) is 5.75 Å². The second-order valence-electron chi connectivity index (χ2n) is 9.66. The van der Waals surface area contributed by atoms with E-state index in [9.17, 15) is 8.42 Å². The topological polar surface area (TPSA) is 75.9 Å². The highest BCUT2D eigenvalue weighted by Gasteiger charge is 2.45. The fourth-order valence-electron chi connectivity index (χ4n) is 5.37. The number of rotatable bonds is 7. The Labute approximate surface area is 192 Å². The van der Waals surface area contributed by atoms with E-state index < -0.39 is 9.84 Å². The van der Waals surface area contributed by atoms with Gasteiger partial charge in [0.15, 0.2) is 9.84 Å². The first-order valence-electron chi connectivity index (χ1n) is 11.5. The fourth-order valence-corrected chi connectivity index (χ4v) is 6.47. The molecule has 2 bridgehead atoms. The lowest BCUT2D eigenvalue weighted by molar-refractivity contribution is 0.192. The predicted molar refractivity (Wildman–Crippen MR) is 130 cm³/mol.